The highest BCUT2D eigenvalue weighted by Crippen LogP contribution is 2.22. The van der Waals surface area contributed by atoms with Crippen molar-refractivity contribution in [3.63, 3.8) is 0 Å². The first-order valence-electron chi connectivity index (χ1n) is 9.20. The zero-order valence-electron chi connectivity index (χ0n) is 16.1. The molecule has 30 heavy (non-hydrogen) atoms. The van der Waals surface area contributed by atoms with E-state index in [-0.39, 0.29) is 5.56 Å². The summed E-state index contributed by atoms with van der Waals surface area (Å²) in [4.78, 5) is 27.9. The van der Waals surface area contributed by atoms with Gasteiger partial charge in [-0.1, -0.05) is 35.9 Å². The van der Waals surface area contributed by atoms with Crippen LogP contribution in [-0.2, 0) is 11.3 Å². The normalized spacial score (nSPS) is 11.0. The topological polar surface area (TPSA) is 85.8 Å². The summed E-state index contributed by atoms with van der Waals surface area (Å²) in [7, 11) is 0. The van der Waals surface area contributed by atoms with Gasteiger partial charge in [-0.25, -0.2) is 9.78 Å². The van der Waals surface area contributed by atoms with Gasteiger partial charge in [0.1, 0.15) is 5.75 Å². The predicted octanol–water partition coefficient (Wildman–Crippen LogP) is 3.64. The second-order valence-corrected chi connectivity index (χ2v) is 7.28. The molecule has 7 nitrogen and oxygen atoms in total. The number of benzene rings is 2. The van der Waals surface area contributed by atoms with Gasteiger partial charge < -0.3 is 14.4 Å². The van der Waals surface area contributed by atoms with Crippen molar-refractivity contribution in [3.8, 4) is 17.0 Å². The van der Waals surface area contributed by atoms with Crippen LogP contribution in [0, 0.1) is 6.92 Å². The van der Waals surface area contributed by atoms with Crippen molar-refractivity contribution in [2.45, 2.75) is 13.5 Å². The van der Waals surface area contributed by atoms with Gasteiger partial charge in [-0.3, -0.25) is 9.20 Å². The van der Waals surface area contributed by atoms with Crippen LogP contribution in [0.25, 0.3) is 17.0 Å². The van der Waals surface area contributed by atoms with Crippen LogP contribution in [0.3, 0.4) is 0 Å². The zero-order chi connectivity index (χ0) is 21.3. The maximum atomic E-state index is 12.5. The molecule has 0 amide bonds. The molecule has 152 valence electrons. The molecule has 0 fully saturated rings. The Morgan fingerprint density at radius 1 is 1.17 bits per heavy atom. The Balaban J connectivity index is 1.74. The van der Waals surface area contributed by atoms with E-state index < -0.39 is 12.6 Å². The number of hydrogen-bond acceptors (Lipinski definition) is 4. The number of ether oxygens (including phenoxy) is 1. The van der Waals surface area contributed by atoms with Crippen LogP contribution in [0.4, 0.5) is 0 Å². The first kappa shape index (κ1) is 19.7. The summed E-state index contributed by atoms with van der Waals surface area (Å²) in [6.07, 6.45) is 1.71. The molecule has 2 aromatic carbocycles. The van der Waals surface area contributed by atoms with Crippen LogP contribution >= 0.6 is 11.6 Å². The van der Waals surface area contributed by atoms with Gasteiger partial charge in [0.05, 0.1) is 12.2 Å². The Bertz CT molecular complexity index is 1290. The van der Waals surface area contributed by atoms with Crippen LogP contribution in [0.1, 0.15) is 11.3 Å². The second-order valence-electron chi connectivity index (χ2n) is 6.84. The fraction of sp³-hybridized carbons (Fsp3) is 0.136. The lowest BCUT2D eigenvalue weighted by atomic mass is 10.2. The van der Waals surface area contributed by atoms with Gasteiger partial charge in [0, 0.05) is 28.5 Å². The van der Waals surface area contributed by atoms with Gasteiger partial charge in [-0.05, 0) is 36.8 Å². The van der Waals surface area contributed by atoms with E-state index in [0.717, 1.165) is 16.8 Å². The lowest BCUT2D eigenvalue weighted by Gasteiger charge is -2.13. The van der Waals surface area contributed by atoms with Crippen molar-refractivity contribution in [1.82, 2.24) is 14.0 Å². The molecular formula is C22H18ClN3O4. The highest BCUT2D eigenvalue weighted by Gasteiger charge is 2.13. The Morgan fingerprint density at radius 3 is 2.67 bits per heavy atom. The third-order valence-electron chi connectivity index (χ3n) is 4.67. The number of aromatic nitrogens is 3. The maximum Gasteiger partial charge on any atom is 0.341 e. The summed E-state index contributed by atoms with van der Waals surface area (Å²) in [6, 6.07) is 16.0. The monoisotopic (exact) mass is 423 g/mol. The molecule has 0 unspecified atom stereocenters. The number of carbonyl (C=O) groups is 1. The van der Waals surface area contributed by atoms with Gasteiger partial charge >= 0.3 is 5.97 Å². The Labute approximate surface area is 176 Å². The number of carboxylic acids is 1. The van der Waals surface area contributed by atoms with E-state index in [0.29, 0.717) is 28.8 Å². The Morgan fingerprint density at radius 2 is 1.93 bits per heavy atom. The van der Waals surface area contributed by atoms with Crippen LogP contribution < -0.4 is 10.3 Å². The van der Waals surface area contributed by atoms with Gasteiger partial charge in [0.25, 0.3) is 5.56 Å². The number of rotatable bonds is 6. The average molecular weight is 424 g/mol. The largest absolute Gasteiger partial charge is 0.482 e. The van der Waals surface area contributed by atoms with Crippen molar-refractivity contribution >= 4 is 23.3 Å². The minimum absolute atomic E-state index is 0.162. The summed E-state index contributed by atoms with van der Waals surface area (Å²) >= 11 is 5.97. The fourth-order valence-corrected chi connectivity index (χ4v) is 3.35. The van der Waals surface area contributed by atoms with Crippen LogP contribution in [0.5, 0.6) is 5.75 Å². The van der Waals surface area contributed by atoms with E-state index in [2.05, 4.69) is 4.98 Å². The molecule has 4 rings (SSSR count). The van der Waals surface area contributed by atoms with Crippen LogP contribution in [-0.4, -0.2) is 31.6 Å². The standard InChI is InChI=1S/C22H18ClN3O4/c1-14-9-20(27)26-12-19(16-5-7-17(23)8-6-16)24-22(26)25(14)11-15-3-2-4-18(10-15)30-13-21(28)29/h2-10,12H,11,13H2,1H3,(H,28,29). The summed E-state index contributed by atoms with van der Waals surface area (Å²) < 4.78 is 8.71. The Kier molecular flexibility index (Phi) is 5.29. The molecule has 0 saturated heterocycles. The van der Waals surface area contributed by atoms with E-state index in [1.807, 2.05) is 29.7 Å². The molecule has 0 aliphatic carbocycles. The highest BCUT2D eigenvalue weighted by molar-refractivity contribution is 6.30. The molecule has 0 atom stereocenters. The van der Waals surface area contributed by atoms with E-state index in [4.69, 9.17) is 21.4 Å². The van der Waals surface area contributed by atoms with E-state index in [1.165, 1.54) is 4.40 Å². The fourth-order valence-electron chi connectivity index (χ4n) is 3.22. The van der Waals surface area contributed by atoms with E-state index in [9.17, 15) is 9.59 Å². The lowest BCUT2D eigenvalue weighted by molar-refractivity contribution is -0.139. The van der Waals surface area contributed by atoms with Gasteiger partial charge in [0.2, 0.25) is 5.78 Å². The number of imidazole rings is 1. The molecule has 0 radical (unpaired) electrons. The van der Waals surface area contributed by atoms with Gasteiger partial charge in [0.15, 0.2) is 6.61 Å². The van der Waals surface area contributed by atoms with Gasteiger partial charge in [-0.2, -0.15) is 0 Å². The van der Waals surface area contributed by atoms with E-state index in [1.54, 1.807) is 42.6 Å². The number of aryl methyl sites for hydroxylation is 1. The number of aliphatic carboxylic acids is 1. The number of halogens is 1. The van der Waals surface area contributed by atoms with Crippen molar-refractivity contribution < 1.29 is 14.6 Å². The van der Waals surface area contributed by atoms with Crippen molar-refractivity contribution in [1.29, 1.82) is 0 Å². The molecule has 0 aliphatic rings. The maximum absolute atomic E-state index is 12.5. The number of hydrogen-bond donors (Lipinski definition) is 1. The van der Waals surface area contributed by atoms with Crippen LogP contribution in [0.2, 0.25) is 5.02 Å². The van der Waals surface area contributed by atoms with Gasteiger partial charge in [-0.15, -0.1) is 0 Å². The minimum Gasteiger partial charge on any atom is -0.482 e. The zero-order valence-corrected chi connectivity index (χ0v) is 16.8. The van der Waals surface area contributed by atoms with Crippen LogP contribution in [0.15, 0.2) is 65.6 Å². The molecule has 0 saturated carbocycles. The average Bonchev–Trinajstić information content (AvgIpc) is 3.16. The summed E-state index contributed by atoms with van der Waals surface area (Å²) in [5.74, 6) is -0.0536. The predicted molar refractivity (Wildman–Crippen MR) is 113 cm³/mol. The number of carboxylic acid groups (broad SMARTS) is 1. The molecule has 2 heterocycles. The van der Waals surface area contributed by atoms with Crippen molar-refractivity contribution in [2.75, 3.05) is 6.61 Å². The molecule has 0 aliphatic heterocycles. The van der Waals surface area contributed by atoms with Crippen molar-refractivity contribution in [2.24, 2.45) is 0 Å². The van der Waals surface area contributed by atoms with E-state index >= 15 is 0 Å². The molecule has 1 N–H and O–H groups in total. The molecule has 2 aromatic heterocycles. The highest BCUT2D eigenvalue weighted by atomic mass is 35.5. The second kappa shape index (κ2) is 8.04. The summed E-state index contributed by atoms with van der Waals surface area (Å²) in [6.45, 7) is 1.88. The summed E-state index contributed by atoms with van der Waals surface area (Å²) in [5.41, 5.74) is 3.02. The number of fused-ring (bicyclic) bond motifs is 1. The quantitative estimate of drug-likeness (QED) is 0.511. The SMILES string of the molecule is Cc1cc(=O)n2cc(-c3ccc(Cl)cc3)nc2n1Cc1cccc(OCC(=O)O)c1. The smallest absolute Gasteiger partial charge is 0.341 e. The van der Waals surface area contributed by atoms with Crippen molar-refractivity contribution in [3.05, 3.63) is 87.4 Å². The molecule has 8 heteroatoms. The Hall–Kier alpha value is -3.58. The molecule has 0 spiro atoms. The minimum atomic E-state index is -1.04. The molecular weight excluding hydrogens is 406 g/mol. The summed E-state index contributed by atoms with van der Waals surface area (Å²) in [5, 5.41) is 9.42. The molecule has 0 bridgehead atoms. The third-order valence-corrected chi connectivity index (χ3v) is 4.92. The first-order chi connectivity index (χ1) is 14.4. The third kappa shape index (κ3) is 4.06. The first-order valence-corrected chi connectivity index (χ1v) is 9.57. The molecule has 4 aromatic rings. The number of nitrogens with zero attached hydrogens (tertiary/aromatic N) is 3. The lowest BCUT2D eigenvalue weighted by Crippen LogP contribution is -2.19.